The van der Waals surface area contributed by atoms with Crippen molar-refractivity contribution in [2.75, 3.05) is 20.3 Å². The quantitative estimate of drug-likeness (QED) is 0.189. The largest absolute Gasteiger partial charge is 0.497 e. The van der Waals surface area contributed by atoms with Crippen molar-refractivity contribution >= 4 is 5.78 Å². The summed E-state index contributed by atoms with van der Waals surface area (Å²) in [5.41, 5.74) is 0.642. The topological polar surface area (TPSA) is 214 Å². The second kappa shape index (κ2) is 12.1. The van der Waals surface area contributed by atoms with E-state index in [1.54, 1.807) is 24.3 Å². The fourth-order valence-electron chi connectivity index (χ4n) is 4.82. The van der Waals surface area contributed by atoms with E-state index < -0.39 is 79.9 Å². The zero-order chi connectivity index (χ0) is 29.4. The van der Waals surface area contributed by atoms with E-state index in [-0.39, 0.29) is 23.7 Å². The Morgan fingerprint density at radius 1 is 0.829 bits per heavy atom. The molecule has 0 aromatic heterocycles. The van der Waals surface area contributed by atoms with E-state index in [0.29, 0.717) is 11.3 Å². The number of carbonyl (C=O) groups is 1. The summed E-state index contributed by atoms with van der Waals surface area (Å²) in [7, 11) is 1.51. The molecule has 0 amide bonds. The molecule has 11 atom stereocenters. The Morgan fingerprint density at radius 3 is 2.22 bits per heavy atom. The van der Waals surface area contributed by atoms with Gasteiger partial charge in [0, 0.05) is 6.07 Å². The van der Waals surface area contributed by atoms with Crippen LogP contribution < -0.4 is 14.2 Å². The highest BCUT2D eigenvalue weighted by atomic mass is 16.7. The van der Waals surface area contributed by atoms with E-state index in [9.17, 15) is 40.5 Å². The van der Waals surface area contributed by atoms with Gasteiger partial charge in [-0.2, -0.15) is 0 Å². The molecule has 2 saturated heterocycles. The Labute approximate surface area is 233 Å². The number of ketones is 1. The van der Waals surface area contributed by atoms with Crippen molar-refractivity contribution in [2.45, 2.75) is 67.5 Å². The maximum absolute atomic E-state index is 12.9. The SMILES string of the molecule is COc1ccc([C@H]2Oc3cc(O[C@H]4O[C@@H](CO[C@H]5OC[C@H](O)[C@@H](O)[C@@H]5O)[C@H](O)[C@@H](O)[C@@H]4O)ccc3C(=O)[C@@H]2O)cc1. The molecule has 0 saturated carbocycles. The van der Waals surface area contributed by atoms with Crippen LogP contribution in [0.15, 0.2) is 42.5 Å². The molecule has 2 fully saturated rings. The minimum absolute atomic E-state index is 0.0804. The molecule has 3 aliphatic heterocycles. The molecule has 41 heavy (non-hydrogen) atoms. The zero-order valence-corrected chi connectivity index (χ0v) is 21.8. The van der Waals surface area contributed by atoms with Gasteiger partial charge in [0.25, 0.3) is 0 Å². The van der Waals surface area contributed by atoms with Gasteiger partial charge in [0.1, 0.15) is 60.0 Å². The molecule has 224 valence electrons. The lowest BCUT2D eigenvalue weighted by Gasteiger charge is -2.41. The number of fused-ring (bicyclic) bond motifs is 1. The second-order valence-electron chi connectivity index (χ2n) is 9.99. The Bertz CT molecular complexity index is 1210. The Balaban J connectivity index is 1.28. The van der Waals surface area contributed by atoms with Crippen molar-refractivity contribution < 1.29 is 69.0 Å². The van der Waals surface area contributed by atoms with Gasteiger partial charge in [-0.05, 0) is 29.8 Å². The van der Waals surface area contributed by atoms with E-state index in [0.717, 1.165) is 0 Å². The number of hydrogen-bond acceptors (Lipinski definition) is 14. The number of rotatable bonds is 7. The maximum atomic E-state index is 12.9. The summed E-state index contributed by atoms with van der Waals surface area (Å²) in [5, 5.41) is 71.4. The molecule has 0 unspecified atom stereocenters. The summed E-state index contributed by atoms with van der Waals surface area (Å²) >= 11 is 0. The molecule has 0 bridgehead atoms. The molecule has 14 heteroatoms. The normalized spacial score (nSPS) is 37.2. The Morgan fingerprint density at radius 2 is 1.51 bits per heavy atom. The van der Waals surface area contributed by atoms with Crippen molar-refractivity contribution in [3.8, 4) is 17.2 Å². The molecule has 0 radical (unpaired) electrons. The first-order chi connectivity index (χ1) is 19.6. The van der Waals surface area contributed by atoms with Crippen LogP contribution in [-0.4, -0.2) is 123 Å². The van der Waals surface area contributed by atoms with Crippen LogP contribution in [0.1, 0.15) is 22.0 Å². The van der Waals surface area contributed by atoms with Gasteiger partial charge >= 0.3 is 0 Å². The number of Topliss-reactive ketones (excluding diaryl/α,β-unsaturated/α-hetero) is 1. The first-order valence-electron chi connectivity index (χ1n) is 12.9. The minimum Gasteiger partial charge on any atom is -0.497 e. The minimum atomic E-state index is -1.71. The molecule has 0 aliphatic carbocycles. The van der Waals surface area contributed by atoms with E-state index in [1.165, 1.54) is 25.3 Å². The lowest BCUT2D eigenvalue weighted by atomic mass is 9.93. The summed E-state index contributed by atoms with van der Waals surface area (Å²) in [5.74, 6) is 0.209. The lowest BCUT2D eigenvalue weighted by molar-refractivity contribution is -0.307. The van der Waals surface area contributed by atoms with Crippen molar-refractivity contribution in [3.63, 3.8) is 0 Å². The summed E-state index contributed by atoms with van der Waals surface area (Å²) in [6.07, 6.45) is -16.0. The number of carbonyl (C=O) groups excluding carboxylic acids is 1. The third-order valence-electron chi connectivity index (χ3n) is 7.27. The van der Waals surface area contributed by atoms with Crippen molar-refractivity contribution in [1.29, 1.82) is 0 Å². The number of hydrogen-bond donors (Lipinski definition) is 7. The average molecular weight is 581 g/mol. The van der Waals surface area contributed by atoms with Gasteiger partial charge in [-0.25, -0.2) is 0 Å². The summed E-state index contributed by atoms with van der Waals surface area (Å²) in [6, 6.07) is 10.8. The van der Waals surface area contributed by atoms with Crippen LogP contribution in [0.25, 0.3) is 0 Å². The average Bonchev–Trinajstić information content (AvgIpc) is 2.98. The van der Waals surface area contributed by atoms with Crippen molar-refractivity contribution in [1.82, 2.24) is 0 Å². The van der Waals surface area contributed by atoms with Crippen molar-refractivity contribution in [3.05, 3.63) is 53.6 Å². The van der Waals surface area contributed by atoms with Crippen LogP contribution >= 0.6 is 0 Å². The van der Waals surface area contributed by atoms with Gasteiger partial charge in [-0.15, -0.1) is 0 Å². The summed E-state index contributed by atoms with van der Waals surface area (Å²) in [4.78, 5) is 12.9. The number of aliphatic hydroxyl groups excluding tert-OH is 7. The van der Waals surface area contributed by atoms with Crippen molar-refractivity contribution in [2.24, 2.45) is 0 Å². The predicted octanol–water partition coefficient (Wildman–Crippen LogP) is -1.99. The maximum Gasteiger partial charge on any atom is 0.229 e. The van der Waals surface area contributed by atoms with Crippen LogP contribution in [0.2, 0.25) is 0 Å². The van der Waals surface area contributed by atoms with Crippen LogP contribution in [0.5, 0.6) is 17.2 Å². The second-order valence-corrected chi connectivity index (χ2v) is 9.99. The molecular formula is C27H32O14. The first-order valence-corrected chi connectivity index (χ1v) is 12.9. The van der Waals surface area contributed by atoms with Gasteiger partial charge in [0.15, 0.2) is 24.3 Å². The molecular weight excluding hydrogens is 548 g/mol. The fraction of sp³-hybridized carbons (Fsp3) is 0.519. The number of methoxy groups -OCH3 is 1. The highest BCUT2D eigenvalue weighted by molar-refractivity contribution is 6.03. The Kier molecular flexibility index (Phi) is 8.77. The van der Waals surface area contributed by atoms with Gasteiger partial charge in [0.2, 0.25) is 6.29 Å². The zero-order valence-electron chi connectivity index (χ0n) is 21.8. The number of ether oxygens (including phenoxy) is 6. The van der Waals surface area contributed by atoms with Gasteiger partial charge < -0.3 is 64.2 Å². The van der Waals surface area contributed by atoms with Crippen LogP contribution in [0, 0.1) is 0 Å². The predicted molar refractivity (Wildman–Crippen MR) is 134 cm³/mol. The molecule has 2 aromatic rings. The number of benzene rings is 2. The van der Waals surface area contributed by atoms with E-state index in [1.807, 2.05) is 0 Å². The van der Waals surface area contributed by atoms with Crippen LogP contribution in [0.3, 0.4) is 0 Å². The van der Waals surface area contributed by atoms with Gasteiger partial charge in [-0.3, -0.25) is 4.79 Å². The monoisotopic (exact) mass is 580 g/mol. The van der Waals surface area contributed by atoms with E-state index in [2.05, 4.69) is 0 Å². The standard InChI is InChI=1S/C27H32O14/c1-36-12-4-2-11(3-5-12)25-22(33)18(29)14-7-6-13(8-16(14)40-25)39-27-24(35)21(32)20(31)17(41-27)10-38-26-23(34)19(30)15(28)9-37-26/h2-8,15,17,19-28,30-35H,9-10H2,1H3/t15-,17-,19+,20-,21+,22-,23-,24-,25+,26+,27-/m0/s1. The summed E-state index contributed by atoms with van der Waals surface area (Å²) < 4.78 is 33.0. The van der Waals surface area contributed by atoms with E-state index >= 15 is 0 Å². The van der Waals surface area contributed by atoms with Gasteiger partial charge in [0.05, 0.1) is 25.9 Å². The Hall–Kier alpha value is -2.89. The smallest absolute Gasteiger partial charge is 0.229 e. The molecule has 0 spiro atoms. The molecule has 3 aliphatic rings. The van der Waals surface area contributed by atoms with Gasteiger partial charge in [-0.1, -0.05) is 12.1 Å². The molecule has 7 N–H and O–H groups in total. The third-order valence-corrected chi connectivity index (χ3v) is 7.27. The van der Waals surface area contributed by atoms with E-state index in [4.69, 9.17) is 28.4 Å². The molecule has 3 heterocycles. The summed E-state index contributed by atoms with van der Waals surface area (Å²) in [6.45, 7) is -0.748. The molecule has 5 rings (SSSR count). The first kappa shape index (κ1) is 29.6. The number of aliphatic hydroxyl groups is 7. The fourth-order valence-corrected chi connectivity index (χ4v) is 4.82. The third kappa shape index (κ3) is 5.89. The highest BCUT2D eigenvalue weighted by Crippen LogP contribution is 2.38. The highest BCUT2D eigenvalue weighted by Gasteiger charge is 2.46. The molecule has 2 aromatic carbocycles. The lowest BCUT2D eigenvalue weighted by Crippen LogP contribution is -2.61. The van der Waals surface area contributed by atoms with Crippen LogP contribution in [0.4, 0.5) is 0 Å². The molecule has 14 nitrogen and oxygen atoms in total. The van der Waals surface area contributed by atoms with Crippen LogP contribution in [-0.2, 0) is 14.2 Å².